The van der Waals surface area contributed by atoms with Gasteiger partial charge in [0.2, 0.25) is 0 Å². The number of hydrogen-bond donors (Lipinski definition) is 3. The van der Waals surface area contributed by atoms with Gasteiger partial charge in [-0.2, -0.15) is 0 Å². The van der Waals surface area contributed by atoms with Gasteiger partial charge < -0.3 is 16.6 Å². The number of primary amides is 1. The topological polar surface area (TPSA) is 102 Å². The first-order chi connectivity index (χ1) is 8.09. The molecule has 5 heteroatoms. The Hall–Kier alpha value is -2.30. The smallest absolute Gasteiger partial charge is 0.255 e. The maximum atomic E-state index is 11.1. The number of rotatable bonds is 3. The van der Waals surface area contributed by atoms with Crippen molar-refractivity contribution in [3.05, 3.63) is 47.2 Å². The number of aliphatic imine (C=N–C) groups is 1. The predicted octanol–water partition coefficient (Wildman–Crippen LogP) is 0.266. The van der Waals surface area contributed by atoms with Gasteiger partial charge in [-0.1, -0.05) is 30.3 Å². The van der Waals surface area contributed by atoms with E-state index >= 15 is 0 Å². The Morgan fingerprint density at radius 1 is 1.35 bits per heavy atom. The van der Waals surface area contributed by atoms with Crippen LogP contribution in [0.25, 0.3) is 0 Å². The number of aliphatic hydroxyl groups is 1. The Morgan fingerprint density at radius 2 is 2.00 bits per heavy atom. The van der Waals surface area contributed by atoms with E-state index in [0.717, 1.165) is 5.56 Å². The minimum atomic E-state index is -0.751. The standard InChI is InChI=1S/C12H13N3O2/c13-11-9(12(14)17)10(16)8(15-11)6-7-4-2-1-3-5-7/h1-5,8,16H,6H2,(H2,13,15)(H2,14,17)/t8-/m1/s1. The number of benzene rings is 1. The summed E-state index contributed by atoms with van der Waals surface area (Å²) in [5.74, 6) is -0.880. The number of carbonyl (C=O) groups excluding carboxylic acids is 1. The highest BCUT2D eigenvalue weighted by atomic mass is 16.3. The summed E-state index contributed by atoms with van der Waals surface area (Å²) in [6.45, 7) is 0. The molecule has 5 nitrogen and oxygen atoms in total. The van der Waals surface area contributed by atoms with E-state index in [1.165, 1.54) is 0 Å². The molecule has 0 aliphatic carbocycles. The molecule has 88 valence electrons. The van der Waals surface area contributed by atoms with E-state index in [9.17, 15) is 9.90 Å². The molecule has 5 N–H and O–H groups in total. The lowest BCUT2D eigenvalue weighted by atomic mass is 10.0. The van der Waals surface area contributed by atoms with Crippen LogP contribution in [0.5, 0.6) is 0 Å². The Labute approximate surface area is 98.5 Å². The molecule has 0 aromatic heterocycles. The van der Waals surface area contributed by atoms with Crippen LogP contribution in [0.1, 0.15) is 5.56 Å². The monoisotopic (exact) mass is 231 g/mol. The number of carbonyl (C=O) groups is 1. The van der Waals surface area contributed by atoms with Crippen LogP contribution in [-0.2, 0) is 11.2 Å². The van der Waals surface area contributed by atoms with Crippen LogP contribution in [0.4, 0.5) is 0 Å². The zero-order valence-corrected chi connectivity index (χ0v) is 9.13. The van der Waals surface area contributed by atoms with Crippen molar-refractivity contribution in [1.82, 2.24) is 0 Å². The molecule has 2 rings (SSSR count). The molecule has 1 aliphatic heterocycles. The highest BCUT2D eigenvalue weighted by molar-refractivity contribution is 6.21. The summed E-state index contributed by atoms with van der Waals surface area (Å²) in [5.41, 5.74) is 11.6. The summed E-state index contributed by atoms with van der Waals surface area (Å²) in [5, 5.41) is 9.84. The van der Waals surface area contributed by atoms with Gasteiger partial charge >= 0.3 is 0 Å². The molecule has 0 saturated heterocycles. The van der Waals surface area contributed by atoms with E-state index in [2.05, 4.69) is 4.99 Å². The highest BCUT2D eigenvalue weighted by Gasteiger charge is 2.29. The molecule has 1 aromatic carbocycles. The summed E-state index contributed by atoms with van der Waals surface area (Å²) < 4.78 is 0. The van der Waals surface area contributed by atoms with Crippen LogP contribution in [-0.4, -0.2) is 22.9 Å². The lowest BCUT2D eigenvalue weighted by Crippen LogP contribution is -2.25. The predicted molar refractivity (Wildman–Crippen MR) is 64.4 cm³/mol. The fraction of sp³-hybridized carbons (Fsp3) is 0.167. The van der Waals surface area contributed by atoms with Crippen LogP contribution < -0.4 is 11.5 Å². The molecule has 0 spiro atoms. The van der Waals surface area contributed by atoms with Gasteiger partial charge in [-0.3, -0.25) is 9.79 Å². The average molecular weight is 231 g/mol. The summed E-state index contributed by atoms with van der Waals surface area (Å²) in [6, 6.07) is 9.02. The third-order valence-electron chi connectivity index (χ3n) is 2.64. The summed E-state index contributed by atoms with van der Waals surface area (Å²) in [4.78, 5) is 15.1. The zero-order chi connectivity index (χ0) is 12.4. The van der Waals surface area contributed by atoms with Crippen molar-refractivity contribution in [3.8, 4) is 0 Å². The summed E-state index contributed by atoms with van der Waals surface area (Å²) >= 11 is 0. The van der Waals surface area contributed by atoms with Crippen molar-refractivity contribution in [2.45, 2.75) is 12.5 Å². The maximum absolute atomic E-state index is 11.1. The van der Waals surface area contributed by atoms with Crippen molar-refractivity contribution in [2.75, 3.05) is 0 Å². The van der Waals surface area contributed by atoms with Crippen LogP contribution >= 0.6 is 0 Å². The molecule has 0 saturated carbocycles. The second kappa shape index (κ2) is 4.29. The molecular weight excluding hydrogens is 218 g/mol. The molecule has 0 radical (unpaired) electrons. The molecule has 0 fully saturated rings. The van der Waals surface area contributed by atoms with Crippen molar-refractivity contribution < 1.29 is 9.90 Å². The lowest BCUT2D eigenvalue weighted by molar-refractivity contribution is -0.114. The third kappa shape index (κ3) is 2.13. The van der Waals surface area contributed by atoms with Gasteiger partial charge in [0.1, 0.15) is 23.2 Å². The largest absolute Gasteiger partial charge is 0.509 e. The first-order valence-corrected chi connectivity index (χ1v) is 5.20. The summed E-state index contributed by atoms with van der Waals surface area (Å²) in [6.07, 6.45) is 0.490. The Kier molecular flexibility index (Phi) is 2.82. The van der Waals surface area contributed by atoms with Crippen molar-refractivity contribution >= 4 is 11.7 Å². The molecule has 1 amide bonds. The normalized spacial score (nSPS) is 19.3. The molecule has 17 heavy (non-hydrogen) atoms. The number of nitrogens with zero attached hydrogens (tertiary/aromatic N) is 1. The minimum absolute atomic E-state index is 0.0101. The number of amides is 1. The zero-order valence-electron chi connectivity index (χ0n) is 9.13. The van der Waals surface area contributed by atoms with Gasteiger partial charge in [-0.15, -0.1) is 0 Å². The first-order valence-electron chi connectivity index (χ1n) is 5.20. The molecule has 1 heterocycles. The van der Waals surface area contributed by atoms with Crippen LogP contribution in [0, 0.1) is 0 Å². The van der Waals surface area contributed by atoms with Crippen molar-refractivity contribution in [3.63, 3.8) is 0 Å². The highest BCUT2D eigenvalue weighted by Crippen LogP contribution is 2.21. The molecule has 0 bridgehead atoms. The summed E-state index contributed by atoms with van der Waals surface area (Å²) in [7, 11) is 0. The molecule has 1 aliphatic rings. The van der Waals surface area contributed by atoms with Crippen LogP contribution in [0.3, 0.4) is 0 Å². The van der Waals surface area contributed by atoms with Crippen molar-refractivity contribution in [1.29, 1.82) is 0 Å². The van der Waals surface area contributed by atoms with Crippen molar-refractivity contribution in [2.24, 2.45) is 16.5 Å². The minimum Gasteiger partial charge on any atom is -0.509 e. The Morgan fingerprint density at radius 3 is 2.53 bits per heavy atom. The molecule has 0 unspecified atom stereocenters. The molecular formula is C12H13N3O2. The van der Waals surface area contributed by atoms with Gasteiger partial charge in [-0.05, 0) is 5.56 Å². The van der Waals surface area contributed by atoms with Gasteiger partial charge in [-0.25, -0.2) is 0 Å². The van der Waals surface area contributed by atoms with E-state index in [1.54, 1.807) is 0 Å². The number of nitrogens with two attached hydrogens (primary N) is 2. The first kappa shape index (κ1) is 11.2. The maximum Gasteiger partial charge on any atom is 0.255 e. The third-order valence-corrected chi connectivity index (χ3v) is 2.64. The quantitative estimate of drug-likeness (QED) is 0.695. The fourth-order valence-electron chi connectivity index (χ4n) is 1.82. The second-order valence-corrected chi connectivity index (χ2v) is 3.84. The lowest BCUT2D eigenvalue weighted by Gasteiger charge is -2.07. The SMILES string of the molecule is NC(=O)C1=C(O)[C@@H](Cc2ccccc2)N=C1N. The Balaban J connectivity index is 2.23. The van der Waals surface area contributed by atoms with Gasteiger partial charge in [0, 0.05) is 6.42 Å². The number of amidine groups is 1. The van der Waals surface area contributed by atoms with E-state index in [0.29, 0.717) is 6.42 Å². The van der Waals surface area contributed by atoms with Gasteiger partial charge in [0.25, 0.3) is 5.91 Å². The average Bonchev–Trinajstić information content (AvgIpc) is 2.55. The van der Waals surface area contributed by atoms with Crippen LogP contribution in [0.2, 0.25) is 0 Å². The Bertz CT molecular complexity index is 506. The number of aliphatic hydroxyl groups excluding tert-OH is 1. The van der Waals surface area contributed by atoms with Gasteiger partial charge in [0.05, 0.1) is 0 Å². The van der Waals surface area contributed by atoms with Gasteiger partial charge in [0.15, 0.2) is 0 Å². The fourth-order valence-corrected chi connectivity index (χ4v) is 1.82. The van der Waals surface area contributed by atoms with E-state index in [-0.39, 0.29) is 17.2 Å². The van der Waals surface area contributed by atoms with Crippen LogP contribution in [0.15, 0.2) is 46.7 Å². The second-order valence-electron chi connectivity index (χ2n) is 3.84. The van der Waals surface area contributed by atoms with E-state index in [1.807, 2.05) is 30.3 Å². The van der Waals surface area contributed by atoms with E-state index < -0.39 is 11.9 Å². The van der Waals surface area contributed by atoms with E-state index in [4.69, 9.17) is 11.5 Å². The molecule has 1 atom stereocenters. The number of hydrogen-bond acceptors (Lipinski definition) is 4. The molecule has 1 aromatic rings.